The lowest BCUT2D eigenvalue weighted by Crippen LogP contribution is -2.02. The lowest BCUT2D eigenvalue weighted by atomic mass is 9.99. The van der Waals surface area contributed by atoms with Crippen LogP contribution in [0.25, 0.3) is 17.2 Å². The molecule has 0 aliphatic heterocycles. The number of esters is 2. The SMILES string of the molecule is CCOC(=O)/C=C1/C(=Cc2ccc(OC)cc2)/C(=C/C(=O)OCC)c2ccccc21. The fourth-order valence-corrected chi connectivity index (χ4v) is 3.32. The fraction of sp³-hybridized carbons (Fsp3) is 0.200. The molecular formula is C25H24O5. The van der Waals surface area contributed by atoms with E-state index in [9.17, 15) is 9.59 Å². The van der Waals surface area contributed by atoms with Gasteiger partial charge in [-0.3, -0.25) is 0 Å². The van der Waals surface area contributed by atoms with Crippen LogP contribution >= 0.6 is 0 Å². The Labute approximate surface area is 176 Å². The van der Waals surface area contributed by atoms with Crippen LogP contribution in [0.2, 0.25) is 0 Å². The molecule has 0 radical (unpaired) electrons. The third-order valence-electron chi connectivity index (χ3n) is 4.61. The molecule has 0 atom stereocenters. The molecular weight excluding hydrogens is 380 g/mol. The van der Waals surface area contributed by atoms with Crippen molar-refractivity contribution in [3.63, 3.8) is 0 Å². The minimum atomic E-state index is -0.430. The Balaban J connectivity index is 2.18. The van der Waals surface area contributed by atoms with Gasteiger partial charge in [0.05, 0.1) is 20.3 Å². The maximum absolute atomic E-state index is 12.3. The van der Waals surface area contributed by atoms with Gasteiger partial charge >= 0.3 is 11.9 Å². The van der Waals surface area contributed by atoms with Gasteiger partial charge in [0.1, 0.15) is 5.75 Å². The van der Waals surface area contributed by atoms with Crippen LogP contribution in [0.4, 0.5) is 0 Å². The minimum Gasteiger partial charge on any atom is -0.497 e. The molecule has 0 amide bonds. The van der Waals surface area contributed by atoms with Crippen molar-refractivity contribution in [1.82, 2.24) is 0 Å². The highest BCUT2D eigenvalue weighted by Gasteiger charge is 2.28. The topological polar surface area (TPSA) is 61.8 Å². The predicted molar refractivity (Wildman–Crippen MR) is 117 cm³/mol. The van der Waals surface area contributed by atoms with Crippen molar-refractivity contribution >= 4 is 29.2 Å². The van der Waals surface area contributed by atoms with Crippen LogP contribution in [0, 0.1) is 0 Å². The van der Waals surface area contributed by atoms with Crippen molar-refractivity contribution in [3.8, 4) is 5.75 Å². The summed E-state index contributed by atoms with van der Waals surface area (Å²) in [6, 6.07) is 15.2. The molecule has 5 heteroatoms. The largest absolute Gasteiger partial charge is 0.497 e. The van der Waals surface area contributed by atoms with Crippen LogP contribution in [-0.4, -0.2) is 32.3 Å². The molecule has 5 nitrogen and oxygen atoms in total. The molecule has 3 rings (SSSR count). The first-order valence-electron chi connectivity index (χ1n) is 9.80. The molecule has 2 aromatic carbocycles. The van der Waals surface area contributed by atoms with E-state index in [0.29, 0.717) is 11.1 Å². The van der Waals surface area contributed by atoms with Crippen molar-refractivity contribution in [2.75, 3.05) is 20.3 Å². The van der Waals surface area contributed by atoms with E-state index in [4.69, 9.17) is 14.2 Å². The fourth-order valence-electron chi connectivity index (χ4n) is 3.32. The van der Waals surface area contributed by atoms with E-state index in [-0.39, 0.29) is 13.2 Å². The quantitative estimate of drug-likeness (QED) is 0.517. The highest BCUT2D eigenvalue weighted by atomic mass is 16.5. The molecule has 1 aliphatic carbocycles. The van der Waals surface area contributed by atoms with Crippen molar-refractivity contribution < 1.29 is 23.8 Å². The molecule has 2 aromatic rings. The van der Waals surface area contributed by atoms with Gasteiger partial charge in [-0.1, -0.05) is 36.4 Å². The molecule has 0 aromatic heterocycles. The van der Waals surface area contributed by atoms with E-state index < -0.39 is 11.9 Å². The van der Waals surface area contributed by atoms with Gasteiger partial charge in [0.2, 0.25) is 0 Å². The van der Waals surface area contributed by atoms with Gasteiger partial charge in [-0.05, 0) is 65.5 Å². The van der Waals surface area contributed by atoms with Crippen LogP contribution in [-0.2, 0) is 19.1 Å². The van der Waals surface area contributed by atoms with E-state index in [0.717, 1.165) is 28.0 Å². The van der Waals surface area contributed by atoms with Crippen LogP contribution < -0.4 is 4.74 Å². The van der Waals surface area contributed by atoms with Crippen molar-refractivity contribution in [1.29, 1.82) is 0 Å². The zero-order valence-corrected chi connectivity index (χ0v) is 17.3. The maximum Gasteiger partial charge on any atom is 0.331 e. The van der Waals surface area contributed by atoms with Gasteiger partial charge in [0.15, 0.2) is 0 Å². The average molecular weight is 404 g/mol. The van der Waals surface area contributed by atoms with Gasteiger partial charge in [0.25, 0.3) is 0 Å². The highest BCUT2D eigenvalue weighted by Crippen LogP contribution is 2.46. The Kier molecular flexibility index (Phi) is 6.86. The number of allylic oxidation sites excluding steroid dienone is 3. The molecule has 0 N–H and O–H groups in total. The number of hydrogen-bond donors (Lipinski definition) is 0. The highest BCUT2D eigenvalue weighted by molar-refractivity contribution is 6.17. The van der Waals surface area contributed by atoms with E-state index in [1.54, 1.807) is 21.0 Å². The molecule has 0 bridgehead atoms. The summed E-state index contributed by atoms with van der Waals surface area (Å²) in [5.74, 6) is -0.114. The summed E-state index contributed by atoms with van der Waals surface area (Å²) in [6.07, 6.45) is 4.89. The summed E-state index contributed by atoms with van der Waals surface area (Å²) in [5.41, 5.74) is 4.79. The number of ether oxygens (including phenoxy) is 3. The zero-order chi connectivity index (χ0) is 21.5. The number of carbonyl (C=O) groups is 2. The summed E-state index contributed by atoms with van der Waals surface area (Å²) in [5, 5.41) is 0. The van der Waals surface area contributed by atoms with E-state index in [1.165, 1.54) is 12.2 Å². The van der Waals surface area contributed by atoms with Crippen LogP contribution in [0.15, 0.2) is 66.3 Å². The summed E-state index contributed by atoms with van der Waals surface area (Å²) in [7, 11) is 1.61. The lowest BCUT2D eigenvalue weighted by molar-refractivity contribution is -0.138. The molecule has 0 saturated heterocycles. The Morgan fingerprint density at radius 1 is 0.767 bits per heavy atom. The van der Waals surface area contributed by atoms with Gasteiger partial charge in [-0.25, -0.2) is 9.59 Å². The number of carbonyl (C=O) groups excluding carboxylic acids is 2. The van der Waals surface area contributed by atoms with Gasteiger partial charge < -0.3 is 14.2 Å². The summed E-state index contributed by atoms with van der Waals surface area (Å²) < 4.78 is 15.5. The second-order valence-electron chi connectivity index (χ2n) is 6.50. The van der Waals surface area contributed by atoms with Crippen LogP contribution in [0.5, 0.6) is 5.75 Å². The number of fused-ring (bicyclic) bond motifs is 1. The first-order chi connectivity index (χ1) is 14.6. The Hall–Kier alpha value is -3.60. The first-order valence-corrected chi connectivity index (χ1v) is 9.80. The van der Waals surface area contributed by atoms with Crippen LogP contribution in [0.1, 0.15) is 30.5 Å². The summed E-state index contributed by atoms with van der Waals surface area (Å²) in [4.78, 5) is 24.5. The van der Waals surface area contributed by atoms with Gasteiger partial charge in [0, 0.05) is 12.2 Å². The Bertz CT molecular complexity index is 969. The first kappa shape index (κ1) is 21.1. The predicted octanol–water partition coefficient (Wildman–Crippen LogP) is 4.69. The summed E-state index contributed by atoms with van der Waals surface area (Å²) >= 11 is 0. The van der Waals surface area contributed by atoms with Gasteiger partial charge in [-0.2, -0.15) is 0 Å². The third kappa shape index (κ3) is 4.69. The van der Waals surface area contributed by atoms with Crippen molar-refractivity contribution in [3.05, 3.63) is 82.9 Å². The monoisotopic (exact) mass is 404 g/mol. The molecule has 0 unspecified atom stereocenters. The summed E-state index contributed by atoms with van der Waals surface area (Å²) in [6.45, 7) is 4.10. The van der Waals surface area contributed by atoms with Crippen molar-refractivity contribution in [2.45, 2.75) is 13.8 Å². The van der Waals surface area contributed by atoms with E-state index in [1.807, 2.05) is 54.6 Å². The minimum absolute atomic E-state index is 0.285. The van der Waals surface area contributed by atoms with Crippen LogP contribution in [0.3, 0.4) is 0 Å². The number of rotatable bonds is 6. The molecule has 154 valence electrons. The number of hydrogen-bond acceptors (Lipinski definition) is 5. The molecule has 1 aliphatic rings. The van der Waals surface area contributed by atoms with Gasteiger partial charge in [-0.15, -0.1) is 0 Å². The third-order valence-corrected chi connectivity index (χ3v) is 4.61. The maximum atomic E-state index is 12.3. The molecule has 0 fully saturated rings. The Morgan fingerprint density at radius 2 is 1.27 bits per heavy atom. The smallest absolute Gasteiger partial charge is 0.331 e. The Morgan fingerprint density at radius 3 is 1.70 bits per heavy atom. The normalized spacial score (nSPS) is 15.1. The molecule has 30 heavy (non-hydrogen) atoms. The van der Waals surface area contributed by atoms with E-state index in [2.05, 4.69) is 0 Å². The number of methoxy groups -OCH3 is 1. The molecule has 0 saturated carbocycles. The van der Waals surface area contributed by atoms with E-state index >= 15 is 0 Å². The second kappa shape index (κ2) is 9.74. The zero-order valence-electron chi connectivity index (χ0n) is 17.3. The average Bonchev–Trinajstić information content (AvgIpc) is 3.02. The standard InChI is InChI=1S/C25H24O5/c1-4-29-24(26)15-22-19-8-6-7-9-20(19)23(16-25(27)30-5-2)21(22)14-17-10-12-18(28-3)13-11-17/h6-16H,4-5H2,1-3H3/b22-15+,23-16+. The molecule has 0 spiro atoms. The lowest BCUT2D eigenvalue weighted by Gasteiger charge is -2.07. The second-order valence-corrected chi connectivity index (χ2v) is 6.50. The molecule has 0 heterocycles. The van der Waals surface area contributed by atoms with Crippen molar-refractivity contribution in [2.24, 2.45) is 0 Å². The number of benzene rings is 2.